The molecule has 6 heteroatoms. The molecule has 3 amide bonds. The molecule has 3 N–H and O–H groups in total. The molecule has 29 heavy (non-hydrogen) atoms. The van der Waals surface area contributed by atoms with Gasteiger partial charge in [0.15, 0.2) is 0 Å². The molecule has 0 aromatic heterocycles. The Hall–Kier alpha value is -3.15. The van der Waals surface area contributed by atoms with Crippen LogP contribution in [0.2, 0.25) is 0 Å². The number of hydrogen-bond acceptors (Lipinski definition) is 3. The fourth-order valence-electron chi connectivity index (χ4n) is 3.55. The lowest BCUT2D eigenvalue weighted by atomic mass is 9.95. The number of amides is 3. The second kappa shape index (κ2) is 9.87. The quantitative estimate of drug-likeness (QED) is 0.681. The fourth-order valence-corrected chi connectivity index (χ4v) is 3.55. The molecule has 0 spiro atoms. The Labute approximate surface area is 171 Å². The summed E-state index contributed by atoms with van der Waals surface area (Å²) in [4.78, 5) is 37.2. The molecule has 2 aromatic rings. The normalized spacial score (nSPS) is 14.1. The lowest BCUT2D eigenvalue weighted by Gasteiger charge is -2.22. The first-order chi connectivity index (χ1) is 14.0. The van der Waals surface area contributed by atoms with Crippen LogP contribution in [0.5, 0.6) is 0 Å². The zero-order chi connectivity index (χ0) is 20.6. The van der Waals surface area contributed by atoms with Gasteiger partial charge in [-0.15, -0.1) is 0 Å². The Morgan fingerprint density at radius 1 is 0.897 bits per heavy atom. The second-order valence-electron chi connectivity index (χ2n) is 7.42. The zero-order valence-corrected chi connectivity index (χ0v) is 16.7. The molecule has 1 fully saturated rings. The summed E-state index contributed by atoms with van der Waals surface area (Å²) in [5, 5.41) is 8.24. The molecule has 3 rings (SSSR count). The van der Waals surface area contributed by atoms with Crippen molar-refractivity contribution >= 4 is 23.4 Å². The van der Waals surface area contributed by atoms with Crippen molar-refractivity contribution in [1.29, 1.82) is 0 Å². The predicted octanol–water partition coefficient (Wildman–Crippen LogP) is 3.31. The van der Waals surface area contributed by atoms with Crippen LogP contribution in [0.4, 0.5) is 5.69 Å². The van der Waals surface area contributed by atoms with E-state index < -0.39 is 11.8 Å². The van der Waals surface area contributed by atoms with E-state index in [1.54, 1.807) is 24.3 Å². The summed E-state index contributed by atoms with van der Waals surface area (Å²) in [6.07, 6.45) is 5.10. The Bertz CT molecular complexity index is 888. The van der Waals surface area contributed by atoms with Gasteiger partial charge in [-0.2, -0.15) is 0 Å². The van der Waals surface area contributed by atoms with Crippen molar-refractivity contribution in [3.8, 4) is 0 Å². The Balaban J connectivity index is 1.61. The second-order valence-corrected chi connectivity index (χ2v) is 7.42. The Kier molecular flexibility index (Phi) is 7.00. The number of anilines is 1. The number of carbonyl (C=O) groups is 3. The van der Waals surface area contributed by atoms with Gasteiger partial charge in [0.1, 0.15) is 0 Å². The van der Waals surface area contributed by atoms with Crippen molar-refractivity contribution < 1.29 is 14.4 Å². The minimum absolute atomic E-state index is 0.0506. The first-order valence-corrected chi connectivity index (χ1v) is 10.1. The molecule has 0 heterocycles. The minimum Gasteiger partial charge on any atom is -0.348 e. The van der Waals surface area contributed by atoms with Crippen molar-refractivity contribution in [2.24, 2.45) is 0 Å². The van der Waals surface area contributed by atoms with E-state index in [-0.39, 0.29) is 11.9 Å². The maximum atomic E-state index is 12.7. The van der Waals surface area contributed by atoms with Gasteiger partial charge >= 0.3 is 11.8 Å². The van der Waals surface area contributed by atoms with Gasteiger partial charge in [-0.25, -0.2) is 0 Å². The molecule has 0 aliphatic heterocycles. The van der Waals surface area contributed by atoms with Crippen molar-refractivity contribution in [2.45, 2.75) is 51.6 Å². The maximum absolute atomic E-state index is 12.7. The minimum atomic E-state index is -0.755. The van der Waals surface area contributed by atoms with Crippen molar-refractivity contribution in [2.75, 3.05) is 5.32 Å². The predicted molar refractivity (Wildman–Crippen MR) is 112 cm³/mol. The maximum Gasteiger partial charge on any atom is 0.313 e. The van der Waals surface area contributed by atoms with E-state index in [9.17, 15) is 14.4 Å². The summed E-state index contributed by atoms with van der Waals surface area (Å²) in [5.41, 5.74) is 2.75. The third-order valence-electron chi connectivity index (χ3n) is 5.27. The number of hydrogen-bond donors (Lipinski definition) is 3. The van der Waals surface area contributed by atoms with Crippen LogP contribution in [0.3, 0.4) is 0 Å². The number of carbonyl (C=O) groups excluding carboxylic acids is 3. The van der Waals surface area contributed by atoms with Crippen LogP contribution < -0.4 is 16.0 Å². The van der Waals surface area contributed by atoms with E-state index in [2.05, 4.69) is 16.0 Å². The third kappa shape index (κ3) is 5.67. The molecule has 0 saturated heterocycles. The summed E-state index contributed by atoms with van der Waals surface area (Å²) in [5.74, 6) is -1.72. The number of nitrogens with one attached hydrogen (secondary N) is 3. The smallest absolute Gasteiger partial charge is 0.313 e. The standard InChI is InChI=1S/C23H27N3O3/c1-16-9-5-6-10-17(16)15-24-21(27)19-13-7-8-14-20(19)26-23(29)22(28)25-18-11-3-2-4-12-18/h5-10,13-14,18H,2-4,11-12,15H2,1H3,(H,24,27)(H,25,28)(H,26,29). The van der Waals surface area contributed by atoms with Crippen molar-refractivity contribution in [3.05, 3.63) is 65.2 Å². The third-order valence-corrected chi connectivity index (χ3v) is 5.27. The van der Waals surface area contributed by atoms with E-state index in [0.29, 0.717) is 17.8 Å². The molecular weight excluding hydrogens is 366 g/mol. The van der Waals surface area contributed by atoms with E-state index in [1.807, 2.05) is 31.2 Å². The fraction of sp³-hybridized carbons (Fsp3) is 0.348. The number of benzene rings is 2. The molecule has 2 aromatic carbocycles. The first kappa shape index (κ1) is 20.6. The monoisotopic (exact) mass is 393 g/mol. The number of rotatable bonds is 5. The highest BCUT2D eigenvalue weighted by Gasteiger charge is 2.22. The van der Waals surface area contributed by atoms with Gasteiger partial charge in [-0.05, 0) is 43.0 Å². The van der Waals surface area contributed by atoms with Gasteiger partial charge in [-0.1, -0.05) is 55.7 Å². The van der Waals surface area contributed by atoms with Gasteiger partial charge in [0, 0.05) is 12.6 Å². The lowest BCUT2D eigenvalue weighted by Crippen LogP contribution is -2.42. The van der Waals surface area contributed by atoms with Crippen LogP contribution in [0.15, 0.2) is 48.5 Å². The topological polar surface area (TPSA) is 87.3 Å². The number of para-hydroxylation sites is 1. The zero-order valence-electron chi connectivity index (χ0n) is 16.7. The van der Waals surface area contributed by atoms with Crippen LogP contribution in [0.25, 0.3) is 0 Å². The van der Waals surface area contributed by atoms with Crippen LogP contribution in [-0.2, 0) is 16.1 Å². The highest BCUT2D eigenvalue weighted by molar-refractivity contribution is 6.40. The van der Waals surface area contributed by atoms with E-state index >= 15 is 0 Å². The Morgan fingerprint density at radius 3 is 2.34 bits per heavy atom. The molecule has 1 saturated carbocycles. The van der Waals surface area contributed by atoms with Gasteiger partial charge < -0.3 is 16.0 Å². The number of aryl methyl sites for hydroxylation is 1. The van der Waals surface area contributed by atoms with Crippen molar-refractivity contribution in [1.82, 2.24) is 10.6 Å². The van der Waals surface area contributed by atoms with Crippen LogP contribution >= 0.6 is 0 Å². The summed E-state index contributed by atoms with van der Waals surface area (Å²) in [6, 6.07) is 14.6. The van der Waals surface area contributed by atoms with Gasteiger partial charge in [0.05, 0.1) is 11.3 Å². The summed E-state index contributed by atoms with van der Waals surface area (Å²) < 4.78 is 0. The van der Waals surface area contributed by atoms with Crippen LogP contribution in [-0.4, -0.2) is 23.8 Å². The SMILES string of the molecule is Cc1ccccc1CNC(=O)c1ccccc1NC(=O)C(=O)NC1CCCCC1. The molecular formula is C23H27N3O3. The highest BCUT2D eigenvalue weighted by atomic mass is 16.2. The van der Waals surface area contributed by atoms with Gasteiger partial charge in [-0.3, -0.25) is 14.4 Å². The summed E-state index contributed by atoms with van der Waals surface area (Å²) in [7, 11) is 0. The van der Waals surface area contributed by atoms with Gasteiger partial charge in [0.2, 0.25) is 0 Å². The molecule has 1 aliphatic rings. The average molecular weight is 393 g/mol. The van der Waals surface area contributed by atoms with Crippen LogP contribution in [0, 0.1) is 6.92 Å². The molecule has 0 bridgehead atoms. The van der Waals surface area contributed by atoms with Crippen molar-refractivity contribution in [3.63, 3.8) is 0 Å². The molecule has 0 unspecified atom stereocenters. The molecule has 0 radical (unpaired) electrons. The van der Waals surface area contributed by atoms with Crippen LogP contribution in [0.1, 0.15) is 53.6 Å². The highest BCUT2D eigenvalue weighted by Crippen LogP contribution is 2.18. The van der Waals surface area contributed by atoms with Gasteiger partial charge in [0.25, 0.3) is 5.91 Å². The summed E-state index contributed by atoms with van der Waals surface area (Å²) >= 11 is 0. The Morgan fingerprint density at radius 2 is 1.59 bits per heavy atom. The molecule has 0 atom stereocenters. The first-order valence-electron chi connectivity index (χ1n) is 10.1. The largest absolute Gasteiger partial charge is 0.348 e. The molecule has 152 valence electrons. The average Bonchev–Trinajstić information content (AvgIpc) is 2.74. The van der Waals surface area contributed by atoms with E-state index in [4.69, 9.17) is 0 Å². The lowest BCUT2D eigenvalue weighted by molar-refractivity contribution is -0.136. The summed E-state index contributed by atoms with van der Waals surface area (Å²) in [6.45, 7) is 2.37. The molecule has 1 aliphatic carbocycles. The van der Waals surface area contributed by atoms with E-state index in [0.717, 1.165) is 36.8 Å². The molecule has 6 nitrogen and oxygen atoms in total. The van der Waals surface area contributed by atoms with E-state index in [1.165, 1.54) is 6.42 Å².